The zero-order valence-electron chi connectivity index (χ0n) is 47.7. The fraction of sp³-hybridized carbons (Fsp3) is 0.165. The third-order valence-corrected chi connectivity index (χ3v) is 29.2. The largest absolute Gasteiger partial charge is 0.0842 e. The van der Waals surface area contributed by atoms with Gasteiger partial charge in [-0.1, -0.05) is 219 Å². The SMILES string of the molecule is CCP(C1=CC=CCC1)c1cc2c3c(p(C4=CCCCC4)c2cc1C(C)/C=C(\C)c1cc2cc(-c4ccc5c(c4)c4cc6c(cc4p5-c4ccccc4)c4ccccc4p6-c4ccccc4)c4ccccc4c2c2ccccc12)C=CCC3. The predicted molar refractivity (Wildman–Crippen MR) is 375 cm³/mol. The van der Waals surface area contributed by atoms with Crippen molar-refractivity contribution < 1.29 is 0 Å². The van der Waals surface area contributed by atoms with Gasteiger partial charge in [0.15, 0.2) is 0 Å². The first-order valence-electron chi connectivity index (χ1n) is 30.4. The van der Waals surface area contributed by atoms with Crippen LogP contribution in [0.25, 0.3) is 124 Å². The lowest BCUT2D eigenvalue weighted by atomic mass is 9.86. The van der Waals surface area contributed by atoms with Crippen molar-refractivity contribution in [1.29, 1.82) is 0 Å². The van der Waals surface area contributed by atoms with Crippen molar-refractivity contribution in [3.8, 4) is 21.7 Å². The van der Waals surface area contributed by atoms with Crippen molar-refractivity contribution in [2.45, 2.75) is 78.1 Å². The molecule has 0 fully saturated rings. The smallest absolute Gasteiger partial charge is 0.00751 e. The number of allylic oxidation sites excluding steroid dienone is 9. The van der Waals surface area contributed by atoms with Crippen LogP contribution >= 0.6 is 30.5 Å². The Morgan fingerprint density at radius 1 is 0.530 bits per heavy atom. The number of fused-ring (bicyclic) bond motifs is 14. The summed E-state index contributed by atoms with van der Waals surface area (Å²) in [6.45, 7) is 7.37. The number of hydrogen-bond donors (Lipinski definition) is 0. The summed E-state index contributed by atoms with van der Waals surface area (Å²) in [5.74, 6) is 0.230. The van der Waals surface area contributed by atoms with E-state index in [1.54, 1.807) is 42.9 Å². The van der Waals surface area contributed by atoms with Gasteiger partial charge in [-0.25, -0.2) is 0 Å². The molecule has 0 saturated carbocycles. The lowest BCUT2D eigenvalue weighted by Gasteiger charge is -2.26. The molecule has 402 valence electrons. The number of aryl methyl sites for hydroxylation is 1. The van der Waals surface area contributed by atoms with Gasteiger partial charge in [-0.2, -0.15) is 0 Å². The van der Waals surface area contributed by atoms with Gasteiger partial charge < -0.3 is 0 Å². The Labute approximate surface area is 492 Å². The highest BCUT2D eigenvalue weighted by atomic mass is 31.1. The van der Waals surface area contributed by atoms with Crippen LogP contribution in [0.4, 0.5) is 0 Å². The lowest BCUT2D eigenvalue weighted by Crippen LogP contribution is -2.14. The van der Waals surface area contributed by atoms with Gasteiger partial charge in [-0.15, -0.1) is 0 Å². The lowest BCUT2D eigenvalue weighted by molar-refractivity contribution is 0.750. The second-order valence-electron chi connectivity index (χ2n) is 23.5. The average Bonchev–Trinajstić information content (AvgIpc) is 2.41. The summed E-state index contributed by atoms with van der Waals surface area (Å²) in [5.41, 5.74) is 8.46. The van der Waals surface area contributed by atoms with Gasteiger partial charge in [-0.05, 0) is 240 Å². The summed E-state index contributed by atoms with van der Waals surface area (Å²) < 4.78 is 0. The molecule has 16 rings (SSSR count). The molecule has 0 spiro atoms. The summed E-state index contributed by atoms with van der Waals surface area (Å²) >= 11 is 0. The summed E-state index contributed by atoms with van der Waals surface area (Å²) in [7, 11) is -2.45. The van der Waals surface area contributed by atoms with Crippen molar-refractivity contribution in [3.63, 3.8) is 0 Å². The molecule has 10 aromatic carbocycles. The summed E-state index contributed by atoms with van der Waals surface area (Å²) in [6, 6.07) is 73.7. The fourth-order valence-electron chi connectivity index (χ4n) is 15.0. The van der Waals surface area contributed by atoms with Crippen molar-refractivity contribution in [2.24, 2.45) is 0 Å². The van der Waals surface area contributed by atoms with Crippen LogP contribution in [0.1, 0.15) is 93.6 Å². The minimum atomic E-state index is -0.768. The molecule has 13 aromatic rings. The first-order valence-corrected chi connectivity index (χ1v) is 35.9. The van der Waals surface area contributed by atoms with E-state index in [1.807, 2.05) is 0 Å². The van der Waals surface area contributed by atoms with E-state index in [9.17, 15) is 0 Å². The van der Waals surface area contributed by atoms with E-state index in [2.05, 4.69) is 251 Å². The maximum Gasteiger partial charge on any atom is 0.00751 e. The van der Waals surface area contributed by atoms with E-state index in [4.69, 9.17) is 0 Å². The van der Waals surface area contributed by atoms with Crippen LogP contribution in [0.15, 0.2) is 230 Å². The molecular weight excluding hydrogens is 1070 g/mol. The van der Waals surface area contributed by atoms with Crippen LogP contribution in [-0.2, 0) is 6.42 Å². The predicted octanol–water partition coefficient (Wildman–Crippen LogP) is 25.5. The van der Waals surface area contributed by atoms with Crippen molar-refractivity contribution in [2.75, 3.05) is 6.16 Å². The molecule has 5 atom stereocenters. The van der Waals surface area contributed by atoms with E-state index in [0.29, 0.717) is 0 Å². The van der Waals surface area contributed by atoms with Crippen LogP contribution in [0.2, 0.25) is 0 Å². The van der Waals surface area contributed by atoms with Crippen LogP contribution < -0.4 is 5.30 Å². The molecule has 83 heavy (non-hydrogen) atoms. The Bertz CT molecular complexity index is 4970. The Hall–Kier alpha value is -7.25. The molecule has 0 nitrogen and oxygen atoms in total. The molecular formula is C79H66P4. The van der Waals surface area contributed by atoms with Gasteiger partial charge in [0.2, 0.25) is 0 Å². The Balaban J connectivity index is 0.889. The number of hydrogen-bond acceptors (Lipinski definition) is 0. The highest BCUT2D eigenvalue weighted by Crippen LogP contribution is 2.63. The zero-order chi connectivity index (χ0) is 55.3. The van der Waals surface area contributed by atoms with Crippen LogP contribution in [-0.4, -0.2) is 6.16 Å². The molecule has 0 amide bonds. The van der Waals surface area contributed by atoms with E-state index in [1.165, 1.54) is 152 Å². The average molecular weight is 1140 g/mol. The number of rotatable bonds is 10. The molecule has 4 heteroatoms. The normalized spacial score (nSPS) is 16.2. The van der Waals surface area contributed by atoms with Crippen LogP contribution in [0.5, 0.6) is 0 Å². The molecule has 3 aliphatic carbocycles. The van der Waals surface area contributed by atoms with Gasteiger partial charge in [0, 0.05) is 36.8 Å². The minimum Gasteiger partial charge on any atom is -0.0842 e. The molecule has 0 radical (unpaired) electrons. The highest BCUT2D eigenvalue weighted by molar-refractivity contribution is 7.70. The minimum absolute atomic E-state index is 0.230. The van der Waals surface area contributed by atoms with Crippen molar-refractivity contribution in [1.82, 2.24) is 0 Å². The van der Waals surface area contributed by atoms with Crippen LogP contribution in [0, 0.1) is 0 Å². The standard InChI is InChI=1S/C79H66P4/c1-4-80(55-25-9-5-10-26-55)75-48-69-61-35-21-23-39-72(61)81(56-27-11-6-12-28-56)76(69)47-66(75)52(3)43-51(2)65-45-54-46-67(60-34-18-20-38-64(60)79(54)63-37-19-17-33-59(63)65)53-41-42-74-68(44-53)71-50-77-70(49-78(71)83(74)58-31-15-8-16-32-58)62-36-22-24-40-73(62)82(77)57-29-13-7-14-30-57/h5,7-9,13-20,22-25,27,29-34,36-50,52H,4,6,10-12,21,26,28,35H2,1-3H3/b51-43+. The highest BCUT2D eigenvalue weighted by Gasteiger charge is 2.28. The van der Waals surface area contributed by atoms with Crippen LogP contribution in [0.3, 0.4) is 0 Å². The maximum atomic E-state index is 2.76. The monoisotopic (exact) mass is 1140 g/mol. The Kier molecular flexibility index (Phi) is 13.1. The third kappa shape index (κ3) is 8.50. The summed E-state index contributed by atoms with van der Waals surface area (Å²) in [6.07, 6.45) is 28.4. The van der Waals surface area contributed by atoms with E-state index in [0.717, 1.165) is 12.8 Å². The molecule has 0 bridgehead atoms. The van der Waals surface area contributed by atoms with Gasteiger partial charge in [-0.3, -0.25) is 0 Å². The van der Waals surface area contributed by atoms with Crippen molar-refractivity contribution >= 4 is 138 Å². The molecule has 3 heterocycles. The fourth-order valence-corrected chi connectivity index (χ4v) is 25.9. The Morgan fingerprint density at radius 3 is 1.88 bits per heavy atom. The topological polar surface area (TPSA) is 0 Å². The number of benzene rings is 10. The molecule has 3 aromatic heterocycles. The summed E-state index contributed by atoms with van der Waals surface area (Å²) in [4.78, 5) is 0. The molecule has 0 N–H and O–H groups in total. The second-order valence-corrected chi connectivity index (χ2v) is 32.6. The van der Waals surface area contributed by atoms with E-state index in [-0.39, 0.29) is 5.92 Å². The Morgan fingerprint density at radius 2 is 1.17 bits per heavy atom. The third-order valence-electron chi connectivity index (χ3n) is 18.8. The first kappa shape index (κ1) is 51.4. The summed E-state index contributed by atoms with van der Waals surface area (Å²) in [5, 5.41) is 32.1. The second kappa shape index (κ2) is 21.1. The zero-order valence-corrected chi connectivity index (χ0v) is 51.2. The van der Waals surface area contributed by atoms with Gasteiger partial charge in [0.05, 0.1) is 0 Å². The van der Waals surface area contributed by atoms with Gasteiger partial charge in [0.25, 0.3) is 0 Å². The maximum absolute atomic E-state index is 2.76. The molecule has 0 aliphatic heterocycles. The van der Waals surface area contributed by atoms with Gasteiger partial charge in [0.1, 0.15) is 0 Å². The van der Waals surface area contributed by atoms with E-state index < -0.39 is 30.5 Å². The molecule has 5 unspecified atom stereocenters. The van der Waals surface area contributed by atoms with Gasteiger partial charge >= 0.3 is 0 Å². The first-order chi connectivity index (χ1) is 41.0. The van der Waals surface area contributed by atoms with Crippen molar-refractivity contribution in [3.05, 3.63) is 252 Å². The quantitative estimate of drug-likeness (QED) is 0.0946. The van der Waals surface area contributed by atoms with E-state index >= 15 is 0 Å². The molecule has 0 saturated heterocycles. The molecule has 3 aliphatic rings.